The van der Waals surface area contributed by atoms with Crippen molar-refractivity contribution in [2.24, 2.45) is 0 Å². The molecule has 21 heavy (non-hydrogen) atoms. The molecular weight excluding hydrogens is 252 g/mol. The van der Waals surface area contributed by atoms with E-state index in [1.807, 2.05) is 0 Å². The average molecular weight is 287 g/mol. The fraction of sp³-hybridized carbons (Fsp3) is 0.619. The van der Waals surface area contributed by atoms with Crippen LogP contribution in [0.5, 0.6) is 0 Å². The Morgan fingerprint density at radius 1 is 0.810 bits per heavy atom. The highest BCUT2D eigenvalue weighted by Crippen LogP contribution is 2.16. The Hall–Kier alpha value is -1.04. The minimum Gasteiger partial charge on any atom is -0.0879 e. The van der Waals surface area contributed by atoms with Gasteiger partial charge in [0.15, 0.2) is 0 Å². The lowest BCUT2D eigenvalue weighted by Crippen LogP contribution is -1.87. The van der Waals surface area contributed by atoms with Gasteiger partial charge in [-0.05, 0) is 24.3 Å². The highest BCUT2D eigenvalue weighted by Gasteiger charge is 1.98. The summed E-state index contributed by atoms with van der Waals surface area (Å²) in [6.07, 6.45) is 18.7. The Labute approximate surface area is 132 Å². The molecule has 118 valence electrons. The molecule has 0 spiro atoms. The van der Waals surface area contributed by atoms with Crippen LogP contribution in [0.15, 0.2) is 42.5 Å². The first-order chi connectivity index (χ1) is 10.3. The third-order valence-electron chi connectivity index (χ3n) is 4.22. The first-order valence-corrected chi connectivity index (χ1v) is 9.06. The molecule has 0 aliphatic carbocycles. The van der Waals surface area contributed by atoms with Crippen LogP contribution in [0.4, 0.5) is 0 Å². The molecule has 0 bridgehead atoms. The zero-order chi connectivity index (χ0) is 15.2. The van der Waals surface area contributed by atoms with Crippen LogP contribution in [0.25, 0.3) is 0 Å². The third kappa shape index (κ3) is 9.50. The lowest BCUT2D eigenvalue weighted by Gasteiger charge is -2.05. The molecule has 1 atom stereocenters. The van der Waals surface area contributed by atoms with Crippen LogP contribution in [0.1, 0.15) is 89.5 Å². The predicted molar refractivity (Wildman–Crippen MR) is 95.8 cm³/mol. The van der Waals surface area contributed by atoms with E-state index >= 15 is 0 Å². The molecule has 0 aliphatic rings. The summed E-state index contributed by atoms with van der Waals surface area (Å²) < 4.78 is 0. The quantitative estimate of drug-likeness (QED) is 0.280. The van der Waals surface area contributed by atoms with Gasteiger partial charge in [0.1, 0.15) is 0 Å². The highest BCUT2D eigenvalue weighted by atomic mass is 14.0. The molecule has 0 aliphatic heterocycles. The molecule has 0 heterocycles. The molecule has 1 aromatic carbocycles. The number of benzene rings is 1. The maximum atomic E-state index is 2.37. The van der Waals surface area contributed by atoms with Gasteiger partial charge in [-0.3, -0.25) is 0 Å². The first kappa shape index (κ1) is 18.0. The Balaban J connectivity index is 1.95. The molecule has 0 radical (unpaired) electrons. The number of hydrogen-bond donors (Lipinski definition) is 0. The van der Waals surface area contributed by atoms with Crippen LogP contribution in [-0.4, -0.2) is 0 Å². The van der Waals surface area contributed by atoms with Crippen LogP contribution in [0.3, 0.4) is 0 Å². The Morgan fingerprint density at radius 2 is 1.38 bits per heavy atom. The van der Waals surface area contributed by atoms with Gasteiger partial charge in [-0.1, -0.05) is 108 Å². The number of allylic oxidation sites excluding steroid dienone is 2. The predicted octanol–water partition coefficient (Wildman–Crippen LogP) is 7.27. The summed E-state index contributed by atoms with van der Waals surface area (Å²) in [5, 5.41) is 0. The van der Waals surface area contributed by atoms with Gasteiger partial charge < -0.3 is 0 Å². The van der Waals surface area contributed by atoms with E-state index in [1.165, 1.54) is 69.8 Å². The first-order valence-electron chi connectivity index (χ1n) is 9.06. The van der Waals surface area contributed by atoms with Gasteiger partial charge in [0.2, 0.25) is 0 Å². The molecule has 0 heteroatoms. The van der Waals surface area contributed by atoms with Crippen molar-refractivity contribution in [1.82, 2.24) is 0 Å². The fourth-order valence-electron chi connectivity index (χ4n) is 2.74. The van der Waals surface area contributed by atoms with Crippen molar-refractivity contribution in [3.05, 3.63) is 48.0 Å². The summed E-state index contributed by atoms with van der Waals surface area (Å²) in [5.74, 6) is 0.546. The van der Waals surface area contributed by atoms with E-state index in [9.17, 15) is 0 Å². The maximum absolute atomic E-state index is 2.37. The normalized spacial score (nSPS) is 12.9. The summed E-state index contributed by atoms with van der Waals surface area (Å²) in [6, 6.07) is 10.8. The molecule has 0 aromatic heterocycles. The smallest absolute Gasteiger partial charge is 0.00104 e. The van der Waals surface area contributed by atoms with Crippen LogP contribution in [-0.2, 0) is 0 Å². The summed E-state index contributed by atoms with van der Waals surface area (Å²) in [5.41, 5.74) is 1.42. The van der Waals surface area contributed by atoms with Gasteiger partial charge in [-0.15, -0.1) is 0 Å². The second-order valence-corrected chi connectivity index (χ2v) is 6.24. The summed E-state index contributed by atoms with van der Waals surface area (Å²) in [6.45, 7) is 4.56. The molecule has 0 nitrogen and oxygen atoms in total. The molecule has 0 fully saturated rings. The second-order valence-electron chi connectivity index (χ2n) is 6.24. The molecule has 1 unspecified atom stereocenters. The van der Waals surface area contributed by atoms with Crippen molar-refractivity contribution >= 4 is 0 Å². The maximum Gasteiger partial charge on any atom is -0.00104 e. The van der Waals surface area contributed by atoms with Gasteiger partial charge in [-0.25, -0.2) is 0 Å². The van der Waals surface area contributed by atoms with E-state index in [0.29, 0.717) is 5.92 Å². The Bertz CT molecular complexity index is 350. The molecule has 1 rings (SSSR count). The van der Waals surface area contributed by atoms with Gasteiger partial charge in [0, 0.05) is 0 Å². The molecule has 0 N–H and O–H groups in total. The van der Waals surface area contributed by atoms with Crippen molar-refractivity contribution in [2.75, 3.05) is 0 Å². The SMILES string of the molecule is CCCCCCCCCCCC=CC(C)c1ccccc1. The average Bonchev–Trinajstić information content (AvgIpc) is 2.53. The Morgan fingerprint density at radius 3 is 2.00 bits per heavy atom. The van der Waals surface area contributed by atoms with E-state index in [-0.39, 0.29) is 0 Å². The monoisotopic (exact) mass is 286 g/mol. The molecule has 0 saturated heterocycles. The van der Waals surface area contributed by atoms with Crippen LogP contribution in [0, 0.1) is 0 Å². The van der Waals surface area contributed by atoms with Crippen molar-refractivity contribution in [3.63, 3.8) is 0 Å². The molecule has 0 amide bonds. The molecule has 0 saturated carbocycles. The van der Waals surface area contributed by atoms with Gasteiger partial charge in [-0.2, -0.15) is 0 Å². The summed E-state index contributed by atoms with van der Waals surface area (Å²) in [7, 11) is 0. The van der Waals surface area contributed by atoms with Crippen molar-refractivity contribution in [2.45, 2.75) is 84.0 Å². The van der Waals surface area contributed by atoms with Crippen LogP contribution < -0.4 is 0 Å². The van der Waals surface area contributed by atoms with E-state index in [0.717, 1.165) is 0 Å². The highest BCUT2D eigenvalue weighted by molar-refractivity contribution is 5.22. The topological polar surface area (TPSA) is 0 Å². The summed E-state index contributed by atoms with van der Waals surface area (Å²) >= 11 is 0. The standard InChI is InChI=1S/C21H34/c1-3-4-5-6-7-8-9-10-11-12-14-17-20(2)21-18-15-13-16-19-21/h13-20H,3-12H2,1-2H3. The van der Waals surface area contributed by atoms with Gasteiger partial charge >= 0.3 is 0 Å². The lowest BCUT2D eigenvalue weighted by atomic mass is 10.00. The number of unbranched alkanes of at least 4 members (excludes halogenated alkanes) is 9. The zero-order valence-electron chi connectivity index (χ0n) is 14.2. The van der Waals surface area contributed by atoms with E-state index in [2.05, 4.69) is 56.3 Å². The number of rotatable bonds is 12. The largest absolute Gasteiger partial charge is 0.0879 e. The van der Waals surface area contributed by atoms with Crippen molar-refractivity contribution in [3.8, 4) is 0 Å². The molecule has 1 aromatic rings. The fourth-order valence-corrected chi connectivity index (χ4v) is 2.74. The lowest BCUT2D eigenvalue weighted by molar-refractivity contribution is 0.566. The molecular formula is C21H34. The number of hydrogen-bond acceptors (Lipinski definition) is 0. The summed E-state index contributed by atoms with van der Waals surface area (Å²) in [4.78, 5) is 0. The van der Waals surface area contributed by atoms with Crippen LogP contribution >= 0.6 is 0 Å². The van der Waals surface area contributed by atoms with E-state index in [4.69, 9.17) is 0 Å². The van der Waals surface area contributed by atoms with Gasteiger partial charge in [0.25, 0.3) is 0 Å². The second kappa shape index (κ2) is 12.7. The minimum atomic E-state index is 0.546. The van der Waals surface area contributed by atoms with Gasteiger partial charge in [0.05, 0.1) is 0 Å². The van der Waals surface area contributed by atoms with Crippen LogP contribution in [0.2, 0.25) is 0 Å². The van der Waals surface area contributed by atoms with Crippen molar-refractivity contribution < 1.29 is 0 Å². The minimum absolute atomic E-state index is 0.546. The van der Waals surface area contributed by atoms with E-state index in [1.54, 1.807) is 0 Å². The zero-order valence-corrected chi connectivity index (χ0v) is 14.2. The van der Waals surface area contributed by atoms with Crippen molar-refractivity contribution in [1.29, 1.82) is 0 Å². The third-order valence-corrected chi connectivity index (χ3v) is 4.22. The Kier molecular flexibility index (Phi) is 10.9. The van der Waals surface area contributed by atoms with E-state index < -0.39 is 0 Å².